The van der Waals surface area contributed by atoms with Crippen molar-refractivity contribution in [3.63, 3.8) is 0 Å². The molecular weight excluding hydrogens is 354 g/mol. The molecule has 2 N–H and O–H groups in total. The topological polar surface area (TPSA) is 96.4 Å². The number of hydrogen-bond acceptors (Lipinski definition) is 6. The van der Waals surface area contributed by atoms with Crippen LogP contribution >= 0.6 is 11.8 Å². The van der Waals surface area contributed by atoms with Gasteiger partial charge in [0.2, 0.25) is 5.91 Å². The third-order valence-corrected chi connectivity index (χ3v) is 4.67. The normalized spacial score (nSPS) is 10.7. The smallest absolute Gasteiger partial charge is 0.266 e. The SMILES string of the molecule is COc1ccc(-n2c(SCC(N)=O)nc3ccccc3c2=O)cc1OC. The largest absolute Gasteiger partial charge is 0.493 e. The van der Waals surface area contributed by atoms with Crippen molar-refractivity contribution < 1.29 is 14.3 Å². The third kappa shape index (κ3) is 3.36. The highest BCUT2D eigenvalue weighted by Crippen LogP contribution is 2.30. The Morgan fingerprint density at radius 2 is 1.88 bits per heavy atom. The van der Waals surface area contributed by atoms with Crippen LogP contribution in [0.4, 0.5) is 0 Å². The van der Waals surface area contributed by atoms with Crippen LogP contribution in [0.3, 0.4) is 0 Å². The van der Waals surface area contributed by atoms with Crippen LogP contribution in [0.1, 0.15) is 0 Å². The summed E-state index contributed by atoms with van der Waals surface area (Å²) in [5.74, 6) is 0.550. The van der Waals surface area contributed by atoms with Crippen LogP contribution in [0.2, 0.25) is 0 Å². The molecule has 0 unspecified atom stereocenters. The first-order valence-corrected chi connectivity index (χ1v) is 8.69. The molecule has 2 aromatic carbocycles. The summed E-state index contributed by atoms with van der Waals surface area (Å²) in [5, 5.41) is 0.852. The van der Waals surface area contributed by atoms with Gasteiger partial charge >= 0.3 is 0 Å². The van der Waals surface area contributed by atoms with Crippen LogP contribution in [-0.4, -0.2) is 35.4 Å². The first-order chi connectivity index (χ1) is 12.5. The molecule has 1 amide bonds. The molecule has 8 heteroatoms. The zero-order valence-electron chi connectivity index (χ0n) is 14.3. The molecule has 3 rings (SSSR count). The summed E-state index contributed by atoms with van der Waals surface area (Å²) < 4.78 is 12.0. The molecular formula is C18H17N3O4S. The number of amides is 1. The molecule has 7 nitrogen and oxygen atoms in total. The lowest BCUT2D eigenvalue weighted by Gasteiger charge is -2.15. The lowest BCUT2D eigenvalue weighted by molar-refractivity contribution is -0.115. The van der Waals surface area contributed by atoms with Crippen molar-refractivity contribution in [3.8, 4) is 17.2 Å². The molecule has 26 heavy (non-hydrogen) atoms. The van der Waals surface area contributed by atoms with Gasteiger partial charge in [-0.1, -0.05) is 23.9 Å². The Morgan fingerprint density at radius 3 is 2.58 bits per heavy atom. The van der Waals surface area contributed by atoms with E-state index in [2.05, 4.69) is 4.98 Å². The number of ether oxygens (including phenoxy) is 2. The van der Waals surface area contributed by atoms with Crippen LogP contribution in [0, 0.1) is 0 Å². The maximum Gasteiger partial charge on any atom is 0.266 e. The molecule has 0 aliphatic rings. The Morgan fingerprint density at radius 1 is 1.15 bits per heavy atom. The van der Waals surface area contributed by atoms with E-state index in [1.54, 1.807) is 42.5 Å². The van der Waals surface area contributed by atoms with Gasteiger partial charge in [-0.3, -0.25) is 14.2 Å². The lowest BCUT2D eigenvalue weighted by atomic mass is 10.2. The molecule has 134 valence electrons. The van der Waals surface area contributed by atoms with Gasteiger partial charge in [0.15, 0.2) is 16.7 Å². The van der Waals surface area contributed by atoms with E-state index in [0.29, 0.717) is 33.2 Å². The number of nitrogens with zero attached hydrogens (tertiary/aromatic N) is 2. The van der Waals surface area contributed by atoms with Crippen LogP contribution in [0.15, 0.2) is 52.4 Å². The first-order valence-electron chi connectivity index (χ1n) is 7.70. The van der Waals surface area contributed by atoms with Crippen molar-refractivity contribution in [1.82, 2.24) is 9.55 Å². The number of aromatic nitrogens is 2. The van der Waals surface area contributed by atoms with E-state index in [0.717, 1.165) is 11.8 Å². The van der Waals surface area contributed by atoms with Gasteiger partial charge in [-0.05, 0) is 24.3 Å². The number of primary amides is 1. The molecule has 0 spiro atoms. The summed E-state index contributed by atoms with van der Waals surface area (Å²) in [6, 6.07) is 12.2. The summed E-state index contributed by atoms with van der Waals surface area (Å²) in [6.45, 7) is 0. The predicted octanol–water partition coefficient (Wildman–Crippen LogP) is 1.98. The van der Waals surface area contributed by atoms with Crippen LogP contribution in [-0.2, 0) is 4.79 Å². The Bertz CT molecular complexity index is 1030. The quantitative estimate of drug-likeness (QED) is 0.526. The summed E-state index contributed by atoms with van der Waals surface area (Å²) in [4.78, 5) is 28.8. The number of carbonyl (C=O) groups excluding carboxylic acids is 1. The second-order valence-electron chi connectivity index (χ2n) is 5.35. The zero-order chi connectivity index (χ0) is 18.7. The summed E-state index contributed by atoms with van der Waals surface area (Å²) in [7, 11) is 3.06. The van der Waals surface area contributed by atoms with Crippen molar-refractivity contribution in [2.24, 2.45) is 5.73 Å². The summed E-state index contributed by atoms with van der Waals surface area (Å²) in [5.41, 5.74) is 6.12. The zero-order valence-corrected chi connectivity index (χ0v) is 15.1. The van der Waals surface area contributed by atoms with Crippen molar-refractivity contribution in [2.75, 3.05) is 20.0 Å². The molecule has 0 saturated heterocycles. The Kier molecular flexibility index (Phi) is 5.13. The fraction of sp³-hybridized carbons (Fsp3) is 0.167. The van der Waals surface area contributed by atoms with E-state index < -0.39 is 5.91 Å². The molecule has 1 aromatic heterocycles. The van der Waals surface area contributed by atoms with E-state index in [1.165, 1.54) is 18.8 Å². The maximum atomic E-state index is 13.1. The van der Waals surface area contributed by atoms with Crippen molar-refractivity contribution >= 4 is 28.6 Å². The highest BCUT2D eigenvalue weighted by atomic mass is 32.2. The molecule has 0 atom stereocenters. The van der Waals surface area contributed by atoms with E-state index in [-0.39, 0.29) is 11.3 Å². The number of thioether (sulfide) groups is 1. The van der Waals surface area contributed by atoms with Crippen molar-refractivity contribution in [3.05, 3.63) is 52.8 Å². The van der Waals surface area contributed by atoms with Crippen LogP contribution in [0.25, 0.3) is 16.6 Å². The summed E-state index contributed by atoms with van der Waals surface area (Å²) >= 11 is 1.11. The van der Waals surface area contributed by atoms with Gasteiger partial charge in [0.05, 0.1) is 36.6 Å². The predicted molar refractivity (Wildman–Crippen MR) is 100 cm³/mol. The molecule has 3 aromatic rings. The molecule has 0 fully saturated rings. The maximum absolute atomic E-state index is 13.1. The van der Waals surface area contributed by atoms with Gasteiger partial charge in [-0.25, -0.2) is 4.98 Å². The molecule has 0 radical (unpaired) electrons. The van der Waals surface area contributed by atoms with Crippen molar-refractivity contribution in [2.45, 2.75) is 5.16 Å². The first kappa shape index (κ1) is 17.8. The van der Waals surface area contributed by atoms with E-state index >= 15 is 0 Å². The summed E-state index contributed by atoms with van der Waals surface area (Å²) in [6.07, 6.45) is 0. The standard InChI is InChI=1S/C18H17N3O4S/c1-24-14-8-7-11(9-15(14)25-2)21-17(23)12-5-3-4-6-13(12)20-18(21)26-10-16(19)22/h3-9H,10H2,1-2H3,(H2,19,22). The van der Waals surface area contributed by atoms with Gasteiger partial charge in [0.25, 0.3) is 5.56 Å². The number of fused-ring (bicyclic) bond motifs is 1. The van der Waals surface area contributed by atoms with Gasteiger partial charge in [0.1, 0.15) is 0 Å². The third-order valence-electron chi connectivity index (χ3n) is 3.71. The molecule has 0 aliphatic carbocycles. The highest BCUT2D eigenvalue weighted by molar-refractivity contribution is 7.99. The molecule has 0 saturated carbocycles. The van der Waals surface area contributed by atoms with E-state index in [4.69, 9.17) is 15.2 Å². The second kappa shape index (κ2) is 7.49. The van der Waals surface area contributed by atoms with E-state index in [1.807, 2.05) is 0 Å². The number of methoxy groups -OCH3 is 2. The Labute approximate surface area is 153 Å². The Hall–Kier alpha value is -3.00. The molecule has 1 heterocycles. The van der Waals surface area contributed by atoms with Gasteiger partial charge in [-0.2, -0.15) is 0 Å². The highest BCUT2D eigenvalue weighted by Gasteiger charge is 2.16. The average Bonchev–Trinajstić information content (AvgIpc) is 2.66. The van der Waals surface area contributed by atoms with E-state index in [9.17, 15) is 9.59 Å². The van der Waals surface area contributed by atoms with Crippen LogP contribution in [0.5, 0.6) is 11.5 Å². The van der Waals surface area contributed by atoms with Gasteiger partial charge in [0, 0.05) is 6.07 Å². The van der Waals surface area contributed by atoms with Gasteiger partial charge < -0.3 is 15.2 Å². The number of benzene rings is 2. The number of rotatable bonds is 6. The molecule has 0 aliphatic heterocycles. The lowest BCUT2D eigenvalue weighted by Crippen LogP contribution is -2.23. The number of hydrogen-bond donors (Lipinski definition) is 1. The van der Waals surface area contributed by atoms with Crippen molar-refractivity contribution in [1.29, 1.82) is 0 Å². The number of para-hydroxylation sites is 1. The Balaban J connectivity index is 2.25. The number of carbonyl (C=O) groups is 1. The minimum absolute atomic E-state index is 0.0120. The average molecular weight is 371 g/mol. The second-order valence-corrected chi connectivity index (χ2v) is 6.29. The monoisotopic (exact) mass is 371 g/mol. The van der Waals surface area contributed by atoms with Crippen LogP contribution < -0.4 is 20.8 Å². The minimum Gasteiger partial charge on any atom is -0.493 e. The molecule has 0 bridgehead atoms. The number of nitrogens with two attached hydrogens (primary N) is 1. The fourth-order valence-corrected chi connectivity index (χ4v) is 3.29. The minimum atomic E-state index is -0.490. The van der Waals surface area contributed by atoms with Gasteiger partial charge in [-0.15, -0.1) is 0 Å². The fourth-order valence-electron chi connectivity index (χ4n) is 2.54.